The van der Waals surface area contributed by atoms with Crippen LogP contribution < -0.4 is 0 Å². The average Bonchev–Trinajstić information content (AvgIpc) is 2.35. The monoisotopic (exact) mass is 242 g/mol. The fraction of sp³-hybridized carbons (Fsp3) is 0.133. The molecule has 0 heterocycles. The van der Waals surface area contributed by atoms with Gasteiger partial charge in [-0.2, -0.15) is 0 Å². The van der Waals surface area contributed by atoms with Gasteiger partial charge in [-0.3, -0.25) is 0 Å². The van der Waals surface area contributed by atoms with E-state index < -0.39 is 0 Å². The zero-order chi connectivity index (χ0) is 12.3. The Hall–Kier alpha value is -1.67. The summed E-state index contributed by atoms with van der Waals surface area (Å²) < 4.78 is 11.3. The topological polar surface area (TPSA) is 17.1 Å². The van der Waals surface area contributed by atoms with E-state index in [2.05, 4.69) is 0 Å². The molecule has 17 heavy (non-hydrogen) atoms. The Morgan fingerprint density at radius 1 is 0.765 bits per heavy atom. The van der Waals surface area contributed by atoms with Crippen molar-refractivity contribution in [3.8, 4) is 0 Å². The second kappa shape index (κ2) is 5.11. The molecular formula is C15H14OS. The van der Waals surface area contributed by atoms with E-state index in [-0.39, 0.29) is 0 Å². The van der Waals surface area contributed by atoms with Gasteiger partial charge >= 0.3 is 0 Å². The largest absolute Gasteiger partial charge is 0.212 e. The third-order valence-electron chi connectivity index (χ3n) is 2.71. The van der Waals surface area contributed by atoms with Crippen molar-refractivity contribution in [2.45, 2.75) is 13.8 Å². The van der Waals surface area contributed by atoms with Gasteiger partial charge in [0.2, 0.25) is 0 Å². The highest BCUT2D eigenvalue weighted by Gasteiger charge is 2.05. The van der Waals surface area contributed by atoms with Crippen LogP contribution in [-0.4, -0.2) is 9.07 Å². The normalized spacial score (nSPS) is 10.0. The summed E-state index contributed by atoms with van der Waals surface area (Å²) in [5.74, 6) is 0. The number of hydrogen-bond donors (Lipinski definition) is 0. The molecule has 0 N–H and O–H groups in total. The van der Waals surface area contributed by atoms with Crippen LogP contribution in [0.3, 0.4) is 0 Å². The van der Waals surface area contributed by atoms with Gasteiger partial charge in [0.05, 0.1) is 16.1 Å². The SMILES string of the molecule is Cc1ccc(C(=S=O)c2ccc(C)cc2)cc1. The molecule has 0 saturated heterocycles. The summed E-state index contributed by atoms with van der Waals surface area (Å²) in [4.78, 5) is 0.782. The van der Waals surface area contributed by atoms with Gasteiger partial charge in [-0.05, 0) is 25.0 Å². The summed E-state index contributed by atoms with van der Waals surface area (Å²) in [5.41, 5.74) is 4.37. The predicted octanol–water partition coefficient (Wildman–Crippen LogP) is 3.09. The highest BCUT2D eigenvalue weighted by Crippen LogP contribution is 2.11. The highest BCUT2D eigenvalue weighted by molar-refractivity contribution is 7.67. The van der Waals surface area contributed by atoms with Gasteiger partial charge in [-0.15, -0.1) is 0 Å². The predicted molar refractivity (Wildman–Crippen MR) is 73.7 cm³/mol. The molecule has 86 valence electrons. The lowest BCUT2D eigenvalue weighted by Crippen LogP contribution is -2.02. The molecule has 1 nitrogen and oxygen atoms in total. The fourth-order valence-electron chi connectivity index (χ4n) is 1.67. The van der Waals surface area contributed by atoms with Crippen LogP contribution in [0, 0.1) is 13.8 Å². The summed E-state index contributed by atoms with van der Waals surface area (Å²) in [5, 5.41) is 0. The minimum absolute atomic E-state index is 0.554. The smallest absolute Gasteiger partial charge is 0.0978 e. The zero-order valence-corrected chi connectivity index (χ0v) is 10.8. The summed E-state index contributed by atoms with van der Waals surface area (Å²) in [7, 11) is 0. The van der Waals surface area contributed by atoms with Gasteiger partial charge in [-0.25, -0.2) is 4.21 Å². The Morgan fingerprint density at radius 3 is 1.41 bits per heavy atom. The molecule has 0 radical (unpaired) electrons. The molecule has 0 amide bonds. The van der Waals surface area contributed by atoms with E-state index in [0.29, 0.717) is 11.3 Å². The lowest BCUT2D eigenvalue weighted by Gasteiger charge is -2.04. The zero-order valence-electron chi connectivity index (χ0n) is 9.94. The molecule has 0 atom stereocenters. The Kier molecular flexibility index (Phi) is 3.55. The van der Waals surface area contributed by atoms with Gasteiger partial charge < -0.3 is 0 Å². The minimum Gasteiger partial charge on any atom is -0.212 e. The van der Waals surface area contributed by atoms with Gasteiger partial charge in [0.15, 0.2) is 0 Å². The first-order valence-electron chi connectivity index (χ1n) is 5.51. The standard InChI is InChI=1S/C15H14OS/c1-11-3-7-13(8-4-11)15(17-16)14-9-5-12(2)6-10-14/h3-10H,1-2H3. The van der Waals surface area contributed by atoms with E-state index in [9.17, 15) is 4.21 Å². The van der Waals surface area contributed by atoms with Crippen molar-refractivity contribution in [1.29, 1.82) is 0 Å². The van der Waals surface area contributed by atoms with Crippen molar-refractivity contribution in [2.24, 2.45) is 0 Å². The van der Waals surface area contributed by atoms with Gasteiger partial charge in [0.1, 0.15) is 0 Å². The molecule has 2 aromatic carbocycles. The second-order valence-corrected chi connectivity index (χ2v) is 4.72. The van der Waals surface area contributed by atoms with E-state index in [1.54, 1.807) is 0 Å². The molecule has 0 aliphatic carbocycles. The Balaban J connectivity index is 2.44. The molecule has 0 fully saturated rings. The van der Waals surface area contributed by atoms with Crippen molar-refractivity contribution < 1.29 is 4.21 Å². The maximum atomic E-state index is 11.3. The van der Waals surface area contributed by atoms with Crippen molar-refractivity contribution in [3.63, 3.8) is 0 Å². The summed E-state index contributed by atoms with van der Waals surface area (Å²) in [6.45, 7) is 4.08. The number of rotatable bonds is 2. The summed E-state index contributed by atoms with van der Waals surface area (Å²) in [6.07, 6.45) is 0. The van der Waals surface area contributed by atoms with Gasteiger partial charge in [-0.1, -0.05) is 59.7 Å². The quantitative estimate of drug-likeness (QED) is 0.584. The maximum absolute atomic E-state index is 11.3. The molecule has 0 unspecified atom stereocenters. The first-order chi connectivity index (χ1) is 8.20. The van der Waals surface area contributed by atoms with Crippen LogP contribution in [0.4, 0.5) is 0 Å². The average molecular weight is 242 g/mol. The van der Waals surface area contributed by atoms with Crippen LogP contribution in [0.15, 0.2) is 48.5 Å². The molecule has 0 aromatic heterocycles. The van der Waals surface area contributed by atoms with Gasteiger partial charge in [0.25, 0.3) is 0 Å². The van der Waals surface area contributed by atoms with Crippen LogP contribution in [-0.2, 0) is 11.3 Å². The van der Waals surface area contributed by atoms with Gasteiger partial charge in [0, 0.05) is 0 Å². The Bertz CT molecular complexity index is 513. The summed E-state index contributed by atoms with van der Waals surface area (Å²) in [6, 6.07) is 16.1. The molecule has 2 aromatic rings. The minimum atomic E-state index is 0.554. The van der Waals surface area contributed by atoms with E-state index in [0.717, 1.165) is 16.0 Å². The Labute approximate surface area is 105 Å². The molecule has 0 aliphatic heterocycles. The number of hydrogen-bond acceptors (Lipinski definition) is 1. The van der Waals surface area contributed by atoms with Crippen molar-refractivity contribution in [3.05, 3.63) is 70.8 Å². The first-order valence-corrected chi connectivity index (χ1v) is 6.26. The summed E-state index contributed by atoms with van der Waals surface area (Å²) >= 11 is 0.554. The molecule has 0 bridgehead atoms. The molecule has 2 heteroatoms. The Morgan fingerprint density at radius 2 is 1.12 bits per heavy atom. The third kappa shape index (κ3) is 2.71. The third-order valence-corrected chi connectivity index (χ3v) is 3.35. The number of benzene rings is 2. The second-order valence-electron chi connectivity index (χ2n) is 4.14. The molecule has 0 aliphatic rings. The van der Waals surface area contributed by atoms with Crippen LogP contribution in [0.25, 0.3) is 0 Å². The van der Waals surface area contributed by atoms with Crippen LogP contribution in [0.1, 0.15) is 22.3 Å². The fourth-order valence-corrected chi connectivity index (χ4v) is 2.14. The highest BCUT2D eigenvalue weighted by atomic mass is 32.1. The molecule has 2 rings (SSSR count). The van der Waals surface area contributed by atoms with Crippen LogP contribution in [0.5, 0.6) is 0 Å². The van der Waals surface area contributed by atoms with Crippen molar-refractivity contribution in [1.82, 2.24) is 0 Å². The molecule has 0 saturated carbocycles. The van der Waals surface area contributed by atoms with Crippen molar-refractivity contribution in [2.75, 3.05) is 0 Å². The number of aryl methyl sites for hydroxylation is 2. The van der Waals surface area contributed by atoms with E-state index in [4.69, 9.17) is 0 Å². The van der Waals surface area contributed by atoms with E-state index >= 15 is 0 Å². The van der Waals surface area contributed by atoms with Crippen LogP contribution >= 0.6 is 0 Å². The van der Waals surface area contributed by atoms with E-state index in [1.807, 2.05) is 62.4 Å². The van der Waals surface area contributed by atoms with E-state index in [1.165, 1.54) is 11.1 Å². The lowest BCUT2D eigenvalue weighted by atomic mass is 10.0. The maximum Gasteiger partial charge on any atom is 0.0978 e. The lowest BCUT2D eigenvalue weighted by molar-refractivity contribution is 0.701. The van der Waals surface area contributed by atoms with Crippen molar-refractivity contribution >= 4 is 16.1 Å². The van der Waals surface area contributed by atoms with Crippen LogP contribution in [0.2, 0.25) is 0 Å². The molecular weight excluding hydrogens is 228 g/mol. The first kappa shape index (κ1) is 11.8. The molecule has 0 spiro atoms.